The first-order valence-corrected chi connectivity index (χ1v) is 6.61. The summed E-state index contributed by atoms with van der Waals surface area (Å²) in [6.45, 7) is 6.14. The zero-order valence-corrected chi connectivity index (χ0v) is 11.7. The fraction of sp³-hybridized carbons (Fsp3) is 0.333. The first-order valence-electron chi connectivity index (χ1n) is 6.61. The summed E-state index contributed by atoms with van der Waals surface area (Å²) in [4.78, 5) is 26.9. The van der Waals surface area contributed by atoms with E-state index in [-0.39, 0.29) is 24.1 Å². The zero-order valence-electron chi connectivity index (χ0n) is 11.7. The minimum absolute atomic E-state index is 0.203. The van der Waals surface area contributed by atoms with Crippen molar-refractivity contribution in [3.8, 4) is 0 Å². The number of amides is 2. The molecule has 0 unspecified atom stereocenters. The van der Waals surface area contributed by atoms with E-state index in [2.05, 4.69) is 6.58 Å². The first-order chi connectivity index (χ1) is 9.93. The van der Waals surface area contributed by atoms with E-state index in [0.29, 0.717) is 13.1 Å². The third-order valence-electron chi connectivity index (χ3n) is 3.53. The average molecular weight is 294 g/mol. The Labute approximate surface area is 121 Å². The monoisotopic (exact) mass is 294 g/mol. The van der Waals surface area contributed by atoms with Crippen molar-refractivity contribution >= 4 is 11.8 Å². The number of piperazine rings is 1. The molecule has 0 aromatic heterocycles. The van der Waals surface area contributed by atoms with Gasteiger partial charge < -0.3 is 9.80 Å². The van der Waals surface area contributed by atoms with Crippen LogP contribution < -0.4 is 0 Å². The van der Waals surface area contributed by atoms with E-state index in [9.17, 15) is 18.4 Å². The van der Waals surface area contributed by atoms with Gasteiger partial charge in [0.25, 0.3) is 5.91 Å². The van der Waals surface area contributed by atoms with Gasteiger partial charge in [-0.05, 0) is 31.2 Å². The maximum atomic E-state index is 13.7. The summed E-state index contributed by atoms with van der Waals surface area (Å²) in [5.41, 5.74) is -0.287. The predicted molar refractivity (Wildman–Crippen MR) is 73.6 cm³/mol. The Morgan fingerprint density at radius 3 is 2.67 bits per heavy atom. The van der Waals surface area contributed by atoms with Crippen molar-refractivity contribution in [1.82, 2.24) is 9.80 Å². The molecule has 2 rings (SSSR count). The highest BCUT2D eigenvalue weighted by Gasteiger charge is 2.30. The lowest BCUT2D eigenvalue weighted by atomic mass is 10.1. The van der Waals surface area contributed by atoms with Crippen LogP contribution in [0.3, 0.4) is 0 Å². The van der Waals surface area contributed by atoms with Gasteiger partial charge in [-0.1, -0.05) is 6.58 Å². The van der Waals surface area contributed by atoms with Crippen LogP contribution in [0.1, 0.15) is 17.3 Å². The van der Waals surface area contributed by atoms with Gasteiger partial charge in [0.1, 0.15) is 11.6 Å². The van der Waals surface area contributed by atoms with Crippen molar-refractivity contribution in [1.29, 1.82) is 0 Å². The molecule has 0 bridgehead atoms. The van der Waals surface area contributed by atoms with E-state index in [0.717, 1.165) is 18.2 Å². The third-order valence-corrected chi connectivity index (χ3v) is 3.53. The minimum Gasteiger partial charge on any atom is -0.335 e. The lowest BCUT2D eigenvalue weighted by Gasteiger charge is -2.39. The van der Waals surface area contributed by atoms with Crippen LogP contribution in [0.25, 0.3) is 0 Å². The third kappa shape index (κ3) is 3.09. The van der Waals surface area contributed by atoms with Crippen LogP contribution in [0, 0.1) is 11.6 Å². The number of hydrogen-bond donors (Lipinski definition) is 0. The van der Waals surface area contributed by atoms with Crippen LogP contribution >= 0.6 is 0 Å². The van der Waals surface area contributed by atoms with Crippen molar-refractivity contribution in [2.45, 2.75) is 13.0 Å². The number of hydrogen-bond acceptors (Lipinski definition) is 2. The van der Waals surface area contributed by atoms with Crippen LogP contribution in [0.2, 0.25) is 0 Å². The van der Waals surface area contributed by atoms with Gasteiger partial charge in [0, 0.05) is 25.7 Å². The van der Waals surface area contributed by atoms with Crippen LogP contribution in [-0.2, 0) is 4.79 Å². The zero-order chi connectivity index (χ0) is 15.6. The van der Waals surface area contributed by atoms with E-state index in [1.165, 1.54) is 11.0 Å². The fourth-order valence-corrected chi connectivity index (χ4v) is 2.40. The Kier molecular flexibility index (Phi) is 4.35. The lowest BCUT2D eigenvalue weighted by Crippen LogP contribution is -2.55. The number of nitrogens with zero attached hydrogens (tertiary/aromatic N) is 2. The van der Waals surface area contributed by atoms with Crippen molar-refractivity contribution in [3.05, 3.63) is 48.1 Å². The normalized spacial score (nSPS) is 18.5. The van der Waals surface area contributed by atoms with Crippen molar-refractivity contribution in [3.63, 3.8) is 0 Å². The van der Waals surface area contributed by atoms with Gasteiger partial charge in [0.15, 0.2) is 0 Å². The summed E-state index contributed by atoms with van der Waals surface area (Å²) < 4.78 is 26.9. The molecule has 6 heteroatoms. The predicted octanol–water partition coefficient (Wildman–Crippen LogP) is 1.82. The summed E-state index contributed by atoms with van der Waals surface area (Å²) in [6.07, 6.45) is 1.22. The molecular weight excluding hydrogens is 278 g/mol. The summed E-state index contributed by atoms with van der Waals surface area (Å²) in [7, 11) is 0. The van der Waals surface area contributed by atoms with Gasteiger partial charge in [-0.15, -0.1) is 0 Å². The van der Waals surface area contributed by atoms with Crippen molar-refractivity contribution in [2.24, 2.45) is 0 Å². The van der Waals surface area contributed by atoms with E-state index in [1.54, 1.807) is 11.8 Å². The van der Waals surface area contributed by atoms with Gasteiger partial charge in [-0.2, -0.15) is 0 Å². The highest BCUT2D eigenvalue weighted by molar-refractivity contribution is 5.95. The molecule has 1 aromatic rings. The molecule has 21 heavy (non-hydrogen) atoms. The molecule has 1 atom stereocenters. The Morgan fingerprint density at radius 1 is 1.33 bits per heavy atom. The highest BCUT2D eigenvalue weighted by Crippen LogP contribution is 2.17. The number of carbonyl (C=O) groups is 2. The molecule has 2 amide bonds. The molecule has 1 aliphatic heterocycles. The summed E-state index contributed by atoms with van der Waals surface area (Å²) in [6, 6.07) is 2.52. The van der Waals surface area contributed by atoms with E-state index in [1.807, 2.05) is 0 Å². The Balaban J connectivity index is 2.16. The second-order valence-corrected chi connectivity index (χ2v) is 4.96. The van der Waals surface area contributed by atoms with E-state index >= 15 is 0 Å². The molecule has 4 nitrogen and oxygen atoms in total. The van der Waals surface area contributed by atoms with Crippen molar-refractivity contribution in [2.75, 3.05) is 19.6 Å². The quantitative estimate of drug-likeness (QED) is 0.781. The van der Waals surface area contributed by atoms with Gasteiger partial charge in [0.05, 0.1) is 5.56 Å². The highest BCUT2D eigenvalue weighted by atomic mass is 19.1. The van der Waals surface area contributed by atoms with Crippen LogP contribution in [-0.4, -0.2) is 47.3 Å². The van der Waals surface area contributed by atoms with E-state index in [4.69, 9.17) is 0 Å². The molecule has 0 spiro atoms. The molecule has 1 heterocycles. The molecule has 1 aliphatic rings. The first kappa shape index (κ1) is 15.2. The van der Waals surface area contributed by atoms with Gasteiger partial charge in [-0.25, -0.2) is 8.78 Å². The molecule has 1 aromatic carbocycles. The lowest BCUT2D eigenvalue weighted by molar-refractivity contribution is -0.128. The van der Waals surface area contributed by atoms with Gasteiger partial charge >= 0.3 is 0 Å². The second-order valence-electron chi connectivity index (χ2n) is 4.96. The summed E-state index contributed by atoms with van der Waals surface area (Å²) >= 11 is 0. The second kappa shape index (κ2) is 6.03. The number of halogens is 2. The minimum atomic E-state index is -0.752. The topological polar surface area (TPSA) is 40.6 Å². The smallest absolute Gasteiger partial charge is 0.257 e. The van der Waals surface area contributed by atoms with Crippen molar-refractivity contribution < 1.29 is 18.4 Å². The molecule has 0 saturated carbocycles. The molecule has 1 fully saturated rings. The number of rotatable bonds is 2. The Bertz CT molecular complexity index is 589. The molecular formula is C15H16F2N2O2. The van der Waals surface area contributed by atoms with Crippen LogP contribution in [0.4, 0.5) is 8.78 Å². The standard InChI is InChI=1S/C15H16F2N2O2/c1-3-14(20)18-6-7-19(10(2)9-18)15(21)12-8-11(16)4-5-13(12)17/h3-5,8,10H,1,6-7,9H2,2H3/t10-/m0/s1. The molecule has 0 aliphatic carbocycles. The van der Waals surface area contributed by atoms with Gasteiger partial charge in [-0.3, -0.25) is 9.59 Å². The van der Waals surface area contributed by atoms with Gasteiger partial charge in [0.2, 0.25) is 5.91 Å². The Morgan fingerprint density at radius 2 is 2.05 bits per heavy atom. The van der Waals surface area contributed by atoms with Crippen LogP contribution in [0.15, 0.2) is 30.9 Å². The molecule has 0 radical (unpaired) electrons. The average Bonchev–Trinajstić information content (AvgIpc) is 2.48. The SMILES string of the molecule is C=CC(=O)N1CCN(C(=O)c2cc(F)ccc2F)[C@@H](C)C1. The maximum Gasteiger partial charge on any atom is 0.257 e. The fourth-order valence-electron chi connectivity index (χ4n) is 2.40. The number of benzene rings is 1. The summed E-state index contributed by atoms with van der Waals surface area (Å²) in [5.74, 6) is -2.18. The largest absolute Gasteiger partial charge is 0.335 e. The Hall–Kier alpha value is -2.24. The molecule has 112 valence electrons. The number of carbonyl (C=O) groups excluding carboxylic acids is 2. The molecule has 0 N–H and O–H groups in total. The summed E-state index contributed by atoms with van der Waals surface area (Å²) in [5, 5.41) is 0. The van der Waals surface area contributed by atoms with E-state index < -0.39 is 17.5 Å². The van der Waals surface area contributed by atoms with Crippen LogP contribution in [0.5, 0.6) is 0 Å². The molecule has 1 saturated heterocycles. The maximum absolute atomic E-state index is 13.7.